The number of carbonyl (C=O) groups excluding carboxylic acids is 1. The highest BCUT2D eigenvalue weighted by Crippen LogP contribution is 2.30. The Morgan fingerprint density at radius 3 is 2.65 bits per heavy atom. The zero-order valence-electron chi connectivity index (χ0n) is 11.6. The minimum atomic E-state index is -1.18. The normalized spacial score (nSPS) is 11.8. The van der Waals surface area contributed by atoms with Crippen LogP contribution in [0.3, 0.4) is 0 Å². The van der Waals surface area contributed by atoms with Gasteiger partial charge in [-0.25, -0.2) is 0 Å². The number of nitrogens with zero attached hydrogens (tertiary/aromatic N) is 4. The maximum Gasteiger partial charge on any atom is 0.221 e. The van der Waals surface area contributed by atoms with E-state index in [2.05, 4.69) is 20.4 Å². The van der Waals surface area contributed by atoms with Gasteiger partial charge in [-0.2, -0.15) is 4.80 Å². The fourth-order valence-electron chi connectivity index (χ4n) is 1.99. The van der Waals surface area contributed by atoms with Crippen molar-refractivity contribution in [3.8, 4) is 11.5 Å². The highest BCUT2D eigenvalue weighted by Gasteiger charge is 2.27. The van der Waals surface area contributed by atoms with Gasteiger partial charge in [-0.3, -0.25) is 4.79 Å². The molecule has 2 aromatic heterocycles. The van der Waals surface area contributed by atoms with Crippen molar-refractivity contribution in [1.29, 1.82) is 0 Å². The van der Waals surface area contributed by atoms with Gasteiger partial charge in [0.1, 0.15) is 0 Å². The number of aldehydes is 1. The summed E-state index contributed by atoms with van der Waals surface area (Å²) in [6.45, 7) is 5.08. The van der Waals surface area contributed by atoms with Crippen molar-refractivity contribution in [1.82, 2.24) is 25.2 Å². The van der Waals surface area contributed by atoms with E-state index in [1.54, 1.807) is 20.8 Å². The molecule has 0 saturated heterocycles. The third-order valence-electron chi connectivity index (χ3n) is 3.00. The average Bonchev–Trinajstić information content (AvgIpc) is 2.93. The minimum Gasteiger partial charge on any atom is -0.394 e. The molecule has 0 aromatic carbocycles. The number of carbonyl (C=O) groups is 1. The van der Waals surface area contributed by atoms with E-state index in [0.29, 0.717) is 34.6 Å². The monoisotopic (exact) mass is 279 g/mol. The average molecular weight is 279 g/mol. The molecule has 0 fully saturated rings. The van der Waals surface area contributed by atoms with Gasteiger partial charge in [-0.05, 0) is 31.5 Å². The van der Waals surface area contributed by atoms with Crippen LogP contribution in [0.1, 0.15) is 35.5 Å². The van der Waals surface area contributed by atoms with Crippen molar-refractivity contribution in [3.63, 3.8) is 0 Å². The third kappa shape index (κ3) is 2.47. The zero-order valence-corrected chi connectivity index (χ0v) is 11.6. The van der Waals surface area contributed by atoms with E-state index in [1.807, 2.05) is 0 Å². The van der Waals surface area contributed by atoms with Crippen LogP contribution in [-0.2, 0) is 12.1 Å². The molecule has 0 aliphatic carbocycles. The Labute approximate surface area is 115 Å². The summed E-state index contributed by atoms with van der Waals surface area (Å²) in [5, 5.41) is 30.7. The Kier molecular flexibility index (Phi) is 3.69. The number of H-pyrrole nitrogens is 1. The van der Waals surface area contributed by atoms with Gasteiger partial charge >= 0.3 is 0 Å². The first-order valence-corrected chi connectivity index (χ1v) is 6.18. The van der Waals surface area contributed by atoms with Crippen LogP contribution in [0.2, 0.25) is 0 Å². The maximum absolute atomic E-state index is 11.2. The van der Waals surface area contributed by atoms with E-state index in [-0.39, 0.29) is 13.2 Å². The Morgan fingerprint density at radius 1 is 1.45 bits per heavy atom. The van der Waals surface area contributed by atoms with E-state index < -0.39 is 5.60 Å². The molecular formula is C12H17N5O3. The summed E-state index contributed by atoms with van der Waals surface area (Å²) in [4.78, 5) is 15.5. The van der Waals surface area contributed by atoms with Crippen molar-refractivity contribution >= 4 is 6.29 Å². The van der Waals surface area contributed by atoms with Gasteiger partial charge in [0.05, 0.1) is 30.1 Å². The predicted octanol–water partition coefficient (Wildman–Crippen LogP) is 0.00882. The van der Waals surface area contributed by atoms with Crippen LogP contribution in [-0.4, -0.2) is 48.3 Å². The van der Waals surface area contributed by atoms with Crippen molar-refractivity contribution in [2.45, 2.75) is 32.9 Å². The van der Waals surface area contributed by atoms with Crippen LogP contribution in [0.5, 0.6) is 0 Å². The summed E-state index contributed by atoms with van der Waals surface area (Å²) in [6.07, 6.45) is 0.695. The number of aliphatic hydroxyl groups excluding tert-OH is 1. The Balaban J connectivity index is 2.51. The Hall–Kier alpha value is -2.06. The number of aliphatic hydroxyl groups is 2. The number of hydrogen-bond donors (Lipinski definition) is 3. The minimum absolute atomic E-state index is 0.0893. The first-order chi connectivity index (χ1) is 9.38. The summed E-state index contributed by atoms with van der Waals surface area (Å²) in [7, 11) is 0. The van der Waals surface area contributed by atoms with Crippen LogP contribution >= 0.6 is 0 Å². The molecule has 2 heterocycles. The molecule has 0 aliphatic rings. The molecular weight excluding hydrogens is 262 g/mol. The standard InChI is InChI=1S/C12H17N5O3/c1-7-8(6-19)10(12(2,3)20)13-9(7)11-14-16-17(15-11)4-5-18/h6,13,18,20H,4-5H2,1-3H3. The Morgan fingerprint density at radius 2 is 2.15 bits per heavy atom. The van der Waals surface area contributed by atoms with Crippen LogP contribution in [0, 0.1) is 6.92 Å². The summed E-state index contributed by atoms with van der Waals surface area (Å²) < 4.78 is 0. The summed E-state index contributed by atoms with van der Waals surface area (Å²) in [5.74, 6) is 0.314. The van der Waals surface area contributed by atoms with E-state index in [4.69, 9.17) is 5.11 Å². The molecule has 0 saturated carbocycles. The molecule has 8 nitrogen and oxygen atoms in total. The molecule has 0 amide bonds. The number of hydrogen-bond acceptors (Lipinski definition) is 6. The second kappa shape index (κ2) is 5.14. The molecule has 0 spiro atoms. The predicted molar refractivity (Wildman–Crippen MR) is 70.1 cm³/mol. The highest BCUT2D eigenvalue weighted by atomic mass is 16.3. The number of aromatic nitrogens is 5. The lowest BCUT2D eigenvalue weighted by Gasteiger charge is -2.16. The van der Waals surface area contributed by atoms with Crippen molar-refractivity contribution in [2.24, 2.45) is 0 Å². The van der Waals surface area contributed by atoms with E-state index in [1.165, 1.54) is 4.80 Å². The molecule has 0 radical (unpaired) electrons. The fourth-order valence-corrected chi connectivity index (χ4v) is 1.99. The van der Waals surface area contributed by atoms with Crippen LogP contribution in [0.4, 0.5) is 0 Å². The largest absolute Gasteiger partial charge is 0.394 e. The van der Waals surface area contributed by atoms with E-state index in [9.17, 15) is 9.90 Å². The SMILES string of the molecule is Cc1c(-c2nnn(CCO)n2)[nH]c(C(C)(C)O)c1C=O. The first kappa shape index (κ1) is 14.4. The summed E-state index contributed by atoms with van der Waals surface area (Å²) >= 11 is 0. The quantitative estimate of drug-likeness (QED) is 0.664. The Bertz CT molecular complexity index is 624. The van der Waals surface area contributed by atoms with E-state index >= 15 is 0 Å². The molecule has 108 valence electrons. The molecule has 0 aliphatic heterocycles. The maximum atomic E-state index is 11.2. The van der Waals surface area contributed by atoms with Gasteiger partial charge in [0, 0.05) is 5.56 Å². The molecule has 2 aromatic rings. The molecule has 0 atom stereocenters. The van der Waals surface area contributed by atoms with Gasteiger partial charge < -0.3 is 15.2 Å². The topological polar surface area (TPSA) is 117 Å². The lowest BCUT2D eigenvalue weighted by Crippen LogP contribution is -2.18. The van der Waals surface area contributed by atoms with Crippen LogP contribution < -0.4 is 0 Å². The lowest BCUT2D eigenvalue weighted by molar-refractivity contribution is 0.0728. The second-order valence-electron chi connectivity index (χ2n) is 5.02. The first-order valence-electron chi connectivity index (χ1n) is 6.18. The van der Waals surface area contributed by atoms with Crippen molar-refractivity contribution in [3.05, 3.63) is 16.8 Å². The number of tetrazole rings is 1. The van der Waals surface area contributed by atoms with E-state index in [0.717, 1.165) is 0 Å². The molecule has 3 N–H and O–H groups in total. The molecule has 20 heavy (non-hydrogen) atoms. The lowest BCUT2D eigenvalue weighted by atomic mass is 10.00. The summed E-state index contributed by atoms with van der Waals surface area (Å²) in [6, 6.07) is 0. The van der Waals surface area contributed by atoms with Crippen molar-refractivity contribution < 1.29 is 15.0 Å². The zero-order chi connectivity index (χ0) is 14.9. The number of rotatable bonds is 5. The van der Waals surface area contributed by atoms with Crippen LogP contribution in [0.15, 0.2) is 0 Å². The molecule has 0 unspecified atom stereocenters. The van der Waals surface area contributed by atoms with Crippen LogP contribution in [0.25, 0.3) is 11.5 Å². The molecule has 2 rings (SSSR count). The van der Waals surface area contributed by atoms with Gasteiger partial charge in [-0.1, -0.05) is 0 Å². The third-order valence-corrected chi connectivity index (χ3v) is 3.00. The van der Waals surface area contributed by atoms with Gasteiger partial charge in [0.2, 0.25) is 5.82 Å². The van der Waals surface area contributed by atoms with Crippen molar-refractivity contribution in [2.75, 3.05) is 6.61 Å². The van der Waals surface area contributed by atoms with Gasteiger partial charge in [-0.15, -0.1) is 10.2 Å². The molecule has 8 heteroatoms. The molecule has 0 bridgehead atoms. The van der Waals surface area contributed by atoms with Gasteiger partial charge in [0.15, 0.2) is 6.29 Å². The summed E-state index contributed by atoms with van der Waals surface area (Å²) in [5.41, 5.74) is 0.818. The smallest absolute Gasteiger partial charge is 0.221 e. The number of nitrogens with one attached hydrogen (secondary N) is 1. The fraction of sp³-hybridized carbons (Fsp3) is 0.500. The van der Waals surface area contributed by atoms with Gasteiger partial charge in [0.25, 0.3) is 0 Å². The number of aromatic amines is 1. The second-order valence-corrected chi connectivity index (χ2v) is 5.02. The highest BCUT2D eigenvalue weighted by molar-refractivity contribution is 5.83.